The number of piperazine rings is 1. The molecule has 2 atom stereocenters. The maximum Gasteiger partial charge on any atom is 0.334 e. The van der Waals surface area contributed by atoms with E-state index in [-0.39, 0.29) is 37.5 Å². The number of ether oxygens (including phenoxy) is 1. The number of rotatable bonds is 9. The normalized spacial score (nSPS) is 21.1. The average molecular weight is 456 g/mol. The lowest BCUT2D eigenvalue weighted by molar-refractivity contribution is -0.188. The van der Waals surface area contributed by atoms with E-state index >= 15 is 0 Å². The monoisotopic (exact) mass is 455 g/mol. The molecule has 0 saturated carbocycles. The molecule has 2 aliphatic heterocycles. The zero-order valence-electron chi connectivity index (χ0n) is 19.4. The summed E-state index contributed by atoms with van der Waals surface area (Å²) < 4.78 is 5.38. The van der Waals surface area contributed by atoms with Gasteiger partial charge in [0.25, 0.3) is 0 Å². The number of nitrogens with zero attached hydrogens (tertiary/aromatic N) is 4. The van der Waals surface area contributed by atoms with E-state index < -0.39 is 12.2 Å². The maximum atomic E-state index is 13.3. The Labute approximate surface area is 195 Å². The van der Waals surface area contributed by atoms with Crippen LogP contribution < -0.4 is 5.32 Å². The summed E-state index contributed by atoms with van der Waals surface area (Å²) in [6, 6.07) is 8.73. The first-order chi connectivity index (χ1) is 16.0. The van der Waals surface area contributed by atoms with Crippen LogP contribution in [0, 0.1) is 12.3 Å². The van der Waals surface area contributed by atoms with Gasteiger partial charge in [0.15, 0.2) is 0 Å². The number of urea groups is 1. The largest absolute Gasteiger partial charge is 0.367 e. The molecule has 0 unspecified atom stereocenters. The van der Waals surface area contributed by atoms with Crippen molar-refractivity contribution in [3.63, 3.8) is 0 Å². The highest BCUT2D eigenvalue weighted by atomic mass is 16.5. The summed E-state index contributed by atoms with van der Waals surface area (Å²) >= 11 is 0. The Bertz CT molecular complexity index is 871. The Hall–Kier alpha value is -3.09. The lowest BCUT2D eigenvalue weighted by atomic mass is 10.0. The van der Waals surface area contributed by atoms with Gasteiger partial charge in [-0.15, -0.1) is 6.42 Å². The third-order valence-corrected chi connectivity index (χ3v) is 5.96. The van der Waals surface area contributed by atoms with Gasteiger partial charge in [-0.25, -0.2) is 14.8 Å². The molecular weight excluding hydrogens is 422 g/mol. The highest BCUT2D eigenvalue weighted by Gasteiger charge is 2.50. The number of carbonyl (C=O) groups excluding carboxylic acids is 3. The molecule has 3 rings (SSSR count). The van der Waals surface area contributed by atoms with Crippen LogP contribution in [0.25, 0.3) is 0 Å². The van der Waals surface area contributed by atoms with E-state index in [0.29, 0.717) is 26.1 Å². The minimum Gasteiger partial charge on any atom is -0.367 e. The van der Waals surface area contributed by atoms with Crippen LogP contribution in [0.3, 0.4) is 0 Å². The molecule has 0 aliphatic carbocycles. The minimum absolute atomic E-state index is 0.0381. The first-order valence-electron chi connectivity index (χ1n) is 11.4. The highest BCUT2D eigenvalue weighted by Crippen LogP contribution is 2.28. The summed E-state index contributed by atoms with van der Waals surface area (Å²) in [5.74, 6) is 2.16. The fraction of sp³-hybridized carbons (Fsp3) is 0.542. The number of amides is 4. The standard InChI is InChI=1S/C24H33N5O4/c1-4-6-12-20-23(31)27(13-15-33-14-5-2)17-21-28(20)22(30)18-26(3)29(21)24(32)25-16-19-10-8-7-9-11-19/h2,7-11,20-21H,4,6,12-18H2,1,3H3,(H,25,32)/t20-,21-/m0/s1. The lowest BCUT2D eigenvalue weighted by Crippen LogP contribution is -2.76. The van der Waals surface area contributed by atoms with Gasteiger partial charge in [-0.2, -0.15) is 0 Å². The fourth-order valence-corrected chi connectivity index (χ4v) is 4.34. The number of hydrogen-bond acceptors (Lipinski definition) is 5. The van der Waals surface area contributed by atoms with Crippen molar-refractivity contribution in [1.29, 1.82) is 0 Å². The number of carbonyl (C=O) groups is 3. The smallest absolute Gasteiger partial charge is 0.334 e. The Morgan fingerprint density at radius 1 is 1.27 bits per heavy atom. The summed E-state index contributed by atoms with van der Waals surface area (Å²) in [7, 11) is 1.72. The second kappa shape index (κ2) is 11.7. The summed E-state index contributed by atoms with van der Waals surface area (Å²) in [6.07, 6.45) is 6.93. The summed E-state index contributed by atoms with van der Waals surface area (Å²) in [6.45, 7) is 3.49. The molecule has 2 saturated heterocycles. The van der Waals surface area contributed by atoms with Crippen LogP contribution >= 0.6 is 0 Å². The first kappa shape index (κ1) is 24.6. The molecule has 0 spiro atoms. The van der Waals surface area contributed by atoms with Gasteiger partial charge < -0.3 is 19.9 Å². The Morgan fingerprint density at radius 3 is 2.73 bits per heavy atom. The molecule has 2 aliphatic rings. The van der Waals surface area contributed by atoms with Crippen LogP contribution in [-0.4, -0.2) is 89.8 Å². The van der Waals surface area contributed by atoms with Crippen molar-refractivity contribution < 1.29 is 19.1 Å². The van der Waals surface area contributed by atoms with Crippen molar-refractivity contribution in [2.45, 2.75) is 44.9 Å². The van der Waals surface area contributed by atoms with E-state index in [9.17, 15) is 14.4 Å². The van der Waals surface area contributed by atoms with Crippen LogP contribution in [-0.2, 0) is 20.9 Å². The maximum absolute atomic E-state index is 13.3. The predicted octanol–water partition coefficient (Wildman–Crippen LogP) is 1.26. The number of unbranched alkanes of at least 4 members (excludes halogenated alkanes) is 1. The summed E-state index contributed by atoms with van der Waals surface area (Å²) in [4.78, 5) is 42.8. The van der Waals surface area contributed by atoms with Gasteiger partial charge >= 0.3 is 6.03 Å². The number of fused-ring (bicyclic) bond motifs is 1. The van der Waals surface area contributed by atoms with Gasteiger partial charge in [-0.1, -0.05) is 56.0 Å². The Balaban J connectivity index is 1.80. The summed E-state index contributed by atoms with van der Waals surface area (Å²) in [5.41, 5.74) is 0.977. The molecule has 1 N–H and O–H groups in total. The van der Waals surface area contributed by atoms with Gasteiger partial charge in [0.2, 0.25) is 11.8 Å². The average Bonchev–Trinajstić information content (AvgIpc) is 2.81. The van der Waals surface area contributed by atoms with Crippen molar-refractivity contribution in [1.82, 2.24) is 25.1 Å². The summed E-state index contributed by atoms with van der Waals surface area (Å²) in [5, 5.41) is 6.14. The second-order valence-corrected chi connectivity index (χ2v) is 8.29. The van der Waals surface area contributed by atoms with E-state index in [2.05, 4.69) is 11.2 Å². The van der Waals surface area contributed by atoms with Crippen molar-refractivity contribution >= 4 is 17.8 Å². The fourth-order valence-electron chi connectivity index (χ4n) is 4.34. The molecule has 33 heavy (non-hydrogen) atoms. The number of benzene rings is 1. The molecule has 9 heteroatoms. The molecule has 4 amide bonds. The van der Waals surface area contributed by atoms with Crippen molar-refractivity contribution in [2.24, 2.45) is 0 Å². The zero-order chi connectivity index (χ0) is 23.8. The van der Waals surface area contributed by atoms with E-state index in [4.69, 9.17) is 11.2 Å². The lowest BCUT2D eigenvalue weighted by Gasteiger charge is -2.54. The van der Waals surface area contributed by atoms with Crippen LogP contribution in [0.2, 0.25) is 0 Å². The SMILES string of the molecule is C#CCOCCN1C[C@H]2N(C(=O)CN(C)N2C(=O)NCc2ccccc2)[C@@H](CCCC)C1=O. The van der Waals surface area contributed by atoms with E-state index in [0.717, 1.165) is 18.4 Å². The van der Waals surface area contributed by atoms with E-state index in [1.165, 1.54) is 0 Å². The van der Waals surface area contributed by atoms with Crippen LogP contribution in [0.5, 0.6) is 0 Å². The van der Waals surface area contributed by atoms with Crippen LogP contribution in [0.4, 0.5) is 4.79 Å². The number of terminal acetylenes is 1. The zero-order valence-corrected chi connectivity index (χ0v) is 19.4. The number of nitrogens with one attached hydrogen (secondary N) is 1. The molecule has 2 fully saturated rings. The molecule has 0 radical (unpaired) electrons. The van der Waals surface area contributed by atoms with Crippen molar-refractivity contribution in [3.8, 4) is 12.3 Å². The molecule has 1 aromatic rings. The predicted molar refractivity (Wildman–Crippen MR) is 123 cm³/mol. The van der Waals surface area contributed by atoms with E-state index in [1.54, 1.807) is 26.9 Å². The highest BCUT2D eigenvalue weighted by molar-refractivity contribution is 5.91. The van der Waals surface area contributed by atoms with Crippen LogP contribution in [0.15, 0.2) is 30.3 Å². The molecule has 178 valence electrons. The molecular formula is C24H33N5O4. The molecule has 0 aromatic heterocycles. The molecule has 2 heterocycles. The number of hydrazine groups is 1. The Morgan fingerprint density at radius 2 is 2.03 bits per heavy atom. The van der Waals surface area contributed by atoms with Gasteiger partial charge in [-0.05, 0) is 12.0 Å². The molecule has 9 nitrogen and oxygen atoms in total. The third-order valence-electron chi connectivity index (χ3n) is 5.96. The molecule has 1 aromatic carbocycles. The first-order valence-corrected chi connectivity index (χ1v) is 11.4. The van der Waals surface area contributed by atoms with E-state index in [1.807, 2.05) is 37.3 Å². The van der Waals surface area contributed by atoms with Gasteiger partial charge in [0.05, 0.1) is 19.7 Å². The Kier molecular flexibility index (Phi) is 8.69. The minimum atomic E-state index is -0.595. The van der Waals surface area contributed by atoms with Crippen molar-refractivity contribution in [2.75, 3.05) is 39.9 Å². The number of hydrogen-bond donors (Lipinski definition) is 1. The van der Waals surface area contributed by atoms with Crippen LogP contribution in [0.1, 0.15) is 31.7 Å². The number of likely N-dealkylation sites (N-methyl/N-ethyl adjacent to an activating group) is 1. The van der Waals surface area contributed by atoms with Gasteiger partial charge in [0.1, 0.15) is 18.8 Å². The molecule has 0 bridgehead atoms. The second-order valence-electron chi connectivity index (χ2n) is 8.29. The quantitative estimate of drug-likeness (QED) is 0.448. The van der Waals surface area contributed by atoms with Gasteiger partial charge in [-0.3, -0.25) is 9.59 Å². The van der Waals surface area contributed by atoms with Crippen molar-refractivity contribution in [3.05, 3.63) is 35.9 Å². The van der Waals surface area contributed by atoms with Gasteiger partial charge in [0, 0.05) is 20.1 Å². The third kappa shape index (κ3) is 5.83. The topological polar surface area (TPSA) is 85.4 Å².